The third-order valence-corrected chi connectivity index (χ3v) is 7.79. The predicted octanol–water partition coefficient (Wildman–Crippen LogP) is 4.64. The molecule has 4 heterocycles. The van der Waals surface area contributed by atoms with Gasteiger partial charge in [-0.3, -0.25) is 4.90 Å². The maximum atomic E-state index is 6.23. The zero-order valence-corrected chi connectivity index (χ0v) is 25.2. The zero-order valence-electron chi connectivity index (χ0n) is 25.2. The number of para-hydroxylation sites is 1. The maximum absolute atomic E-state index is 6.23. The van der Waals surface area contributed by atoms with Gasteiger partial charge < -0.3 is 24.0 Å². The quantitative estimate of drug-likeness (QED) is 0.264. The molecule has 6 rings (SSSR count). The van der Waals surface area contributed by atoms with Crippen molar-refractivity contribution in [2.24, 2.45) is 0 Å². The number of hydrogen-bond donors (Lipinski definition) is 0. The first-order chi connectivity index (χ1) is 21.1. The summed E-state index contributed by atoms with van der Waals surface area (Å²) in [5.41, 5.74) is 2.66. The number of rotatable bonds is 10. The average Bonchev–Trinajstić information content (AvgIpc) is 3.59. The molecule has 0 unspecified atom stereocenters. The van der Waals surface area contributed by atoms with Crippen molar-refractivity contribution in [1.82, 2.24) is 24.8 Å². The minimum Gasteiger partial charge on any atom is -0.493 e. The molecule has 2 aliphatic rings. The summed E-state index contributed by atoms with van der Waals surface area (Å²) in [6, 6.07) is 16.1. The topological polar surface area (TPSA) is 89.0 Å². The fraction of sp³-hybridized carbons (Fsp3) is 0.394. The van der Waals surface area contributed by atoms with E-state index in [1.54, 1.807) is 7.11 Å². The number of anilines is 2. The molecule has 0 saturated carbocycles. The molecule has 0 N–H and O–H groups in total. The van der Waals surface area contributed by atoms with E-state index < -0.39 is 0 Å². The summed E-state index contributed by atoms with van der Waals surface area (Å²) >= 11 is 0. The number of aromatic nitrogens is 4. The fourth-order valence-electron chi connectivity index (χ4n) is 5.48. The van der Waals surface area contributed by atoms with Gasteiger partial charge in [0.15, 0.2) is 23.1 Å². The maximum Gasteiger partial charge on any atom is 0.161 e. The summed E-state index contributed by atoms with van der Waals surface area (Å²) in [4.78, 5) is 26.1. The number of ether oxygens (including phenoxy) is 3. The molecule has 2 aromatic carbocycles. The minimum atomic E-state index is 0.567. The Kier molecular flexibility index (Phi) is 8.95. The van der Waals surface area contributed by atoms with Crippen LogP contribution in [0.5, 0.6) is 11.5 Å². The smallest absolute Gasteiger partial charge is 0.161 e. The molecule has 0 aliphatic carbocycles. The highest BCUT2D eigenvalue weighted by Crippen LogP contribution is 2.33. The Morgan fingerprint density at radius 2 is 1.63 bits per heavy atom. The predicted molar refractivity (Wildman–Crippen MR) is 171 cm³/mol. The lowest BCUT2D eigenvalue weighted by atomic mass is 10.1. The standard InChI is InChI=1S/C33H39N7O3/c1-38(2)33-25-8-4-5-9-26(25)34-31(37-33)13-12-30-35-27(23-32(36-30)40-14-6-7-15-40)24-10-11-28(41-3)29(22-24)43-21-18-39-16-19-42-20-17-39/h4-5,8-13,22-23H,6-7,14-21H2,1-3H3. The third-order valence-electron chi connectivity index (χ3n) is 7.79. The second kappa shape index (κ2) is 13.4. The van der Waals surface area contributed by atoms with Gasteiger partial charge in [0, 0.05) is 63.8 Å². The summed E-state index contributed by atoms with van der Waals surface area (Å²) in [6.45, 7) is 6.77. The summed E-state index contributed by atoms with van der Waals surface area (Å²) in [7, 11) is 5.65. The zero-order chi connectivity index (χ0) is 29.6. The molecule has 0 radical (unpaired) electrons. The molecule has 0 amide bonds. The summed E-state index contributed by atoms with van der Waals surface area (Å²) in [5, 5.41) is 1.02. The van der Waals surface area contributed by atoms with Crippen molar-refractivity contribution in [1.29, 1.82) is 0 Å². The van der Waals surface area contributed by atoms with E-state index >= 15 is 0 Å². The van der Waals surface area contributed by atoms with Crippen LogP contribution in [-0.2, 0) is 4.74 Å². The van der Waals surface area contributed by atoms with E-state index in [2.05, 4.69) is 15.9 Å². The van der Waals surface area contributed by atoms with Crippen LogP contribution in [0.2, 0.25) is 0 Å². The van der Waals surface area contributed by atoms with Gasteiger partial charge in [0.1, 0.15) is 18.2 Å². The minimum absolute atomic E-state index is 0.567. The lowest BCUT2D eigenvalue weighted by Gasteiger charge is -2.26. The number of hydrogen-bond acceptors (Lipinski definition) is 10. The van der Waals surface area contributed by atoms with E-state index in [1.807, 2.05) is 73.6 Å². The molecule has 224 valence electrons. The van der Waals surface area contributed by atoms with Gasteiger partial charge in [-0.15, -0.1) is 0 Å². The number of fused-ring (bicyclic) bond motifs is 1. The number of benzene rings is 2. The van der Waals surface area contributed by atoms with Crippen LogP contribution in [0.3, 0.4) is 0 Å². The van der Waals surface area contributed by atoms with Crippen LogP contribution < -0.4 is 19.3 Å². The lowest BCUT2D eigenvalue weighted by molar-refractivity contribution is 0.0321. The van der Waals surface area contributed by atoms with Gasteiger partial charge >= 0.3 is 0 Å². The Hall–Kier alpha value is -4.28. The normalized spacial score (nSPS) is 15.8. The molecule has 10 nitrogen and oxygen atoms in total. The first-order valence-electron chi connectivity index (χ1n) is 14.9. The molecule has 2 saturated heterocycles. The number of morpholine rings is 1. The van der Waals surface area contributed by atoms with E-state index in [1.165, 1.54) is 0 Å². The van der Waals surface area contributed by atoms with Gasteiger partial charge in [-0.1, -0.05) is 12.1 Å². The lowest BCUT2D eigenvalue weighted by Crippen LogP contribution is -2.38. The fourth-order valence-corrected chi connectivity index (χ4v) is 5.48. The Morgan fingerprint density at radius 3 is 2.40 bits per heavy atom. The molecule has 0 spiro atoms. The molecule has 0 bridgehead atoms. The highest BCUT2D eigenvalue weighted by atomic mass is 16.5. The van der Waals surface area contributed by atoms with Crippen molar-refractivity contribution in [3.63, 3.8) is 0 Å². The van der Waals surface area contributed by atoms with Crippen LogP contribution in [0.25, 0.3) is 34.3 Å². The van der Waals surface area contributed by atoms with Crippen LogP contribution >= 0.6 is 0 Å². The van der Waals surface area contributed by atoms with Crippen molar-refractivity contribution in [2.75, 3.05) is 83.5 Å². The largest absolute Gasteiger partial charge is 0.493 e. The Bertz CT molecular complexity index is 1580. The molecular formula is C33H39N7O3. The first kappa shape index (κ1) is 28.8. The summed E-state index contributed by atoms with van der Waals surface area (Å²) in [5.74, 6) is 4.41. The third kappa shape index (κ3) is 6.87. The first-order valence-corrected chi connectivity index (χ1v) is 14.9. The average molecular weight is 582 g/mol. The molecule has 0 atom stereocenters. The van der Waals surface area contributed by atoms with Crippen LogP contribution in [0.4, 0.5) is 11.6 Å². The van der Waals surface area contributed by atoms with Crippen molar-refractivity contribution in [3.05, 3.63) is 60.2 Å². The van der Waals surface area contributed by atoms with Gasteiger partial charge in [0.25, 0.3) is 0 Å². The highest BCUT2D eigenvalue weighted by molar-refractivity contribution is 5.90. The Morgan fingerprint density at radius 1 is 0.860 bits per heavy atom. The Balaban J connectivity index is 1.30. The second-order valence-electron chi connectivity index (χ2n) is 11.0. The van der Waals surface area contributed by atoms with Gasteiger partial charge in [-0.2, -0.15) is 0 Å². The summed E-state index contributed by atoms with van der Waals surface area (Å²) < 4.78 is 17.3. The van der Waals surface area contributed by atoms with Crippen molar-refractivity contribution >= 4 is 34.7 Å². The van der Waals surface area contributed by atoms with Crippen molar-refractivity contribution in [2.45, 2.75) is 12.8 Å². The van der Waals surface area contributed by atoms with Gasteiger partial charge in [-0.25, -0.2) is 19.9 Å². The van der Waals surface area contributed by atoms with E-state index in [0.717, 1.165) is 92.6 Å². The van der Waals surface area contributed by atoms with E-state index in [4.69, 9.17) is 34.1 Å². The van der Waals surface area contributed by atoms with Crippen LogP contribution in [0, 0.1) is 0 Å². The molecule has 10 heteroatoms. The molecule has 2 fully saturated rings. The van der Waals surface area contributed by atoms with Gasteiger partial charge in [-0.05, 0) is 55.3 Å². The molecule has 4 aromatic rings. The highest BCUT2D eigenvalue weighted by Gasteiger charge is 2.18. The van der Waals surface area contributed by atoms with E-state index in [9.17, 15) is 0 Å². The monoisotopic (exact) mass is 581 g/mol. The second-order valence-corrected chi connectivity index (χ2v) is 11.0. The molecular weight excluding hydrogens is 542 g/mol. The molecule has 43 heavy (non-hydrogen) atoms. The van der Waals surface area contributed by atoms with E-state index in [0.29, 0.717) is 29.8 Å². The number of nitrogens with zero attached hydrogens (tertiary/aromatic N) is 7. The number of methoxy groups -OCH3 is 1. The van der Waals surface area contributed by atoms with Crippen molar-refractivity contribution in [3.8, 4) is 22.8 Å². The van der Waals surface area contributed by atoms with Crippen LogP contribution in [0.15, 0.2) is 48.5 Å². The summed E-state index contributed by atoms with van der Waals surface area (Å²) in [6.07, 6.45) is 6.11. The van der Waals surface area contributed by atoms with Crippen LogP contribution in [0.1, 0.15) is 24.5 Å². The Labute approximate surface area is 252 Å². The molecule has 2 aliphatic heterocycles. The van der Waals surface area contributed by atoms with Crippen molar-refractivity contribution < 1.29 is 14.2 Å². The van der Waals surface area contributed by atoms with Crippen LogP contribution in [-0.4, -0.2) is 98.6 Å². The molecule has 2 aromatic heterocycles. The SMILES string of the molecule is COc1ccc(-c2cc(N3CCCC3)nc(C=Cc3nc(N(C)C)c4ccccc4n3)n2)cc1OCCN1CCOCC1. The van der Waals surface area contributed by atoms with E-state index in [-0.39, 0.29) is 0 Å². The van der Waals surface area contributed by atoms with Gasteiger partial charge in [0.2, 0.25) is 0 Å². The van der Waals surface area contributed by atoms with Gasteiger partial charge in [0.05, 0.1) is 31.5 Å².